The standard InChI is InChI=1S/C13H26N4O2/c1-11-12(10-14-2)13(16(3)15-11)17(6-8-18-4)7-9-19-5/h14H,6-10H2,1-5H3. The summed E-state index contributed by atoms with van der Waals surface area (Å²) in [5.74, 6) is 1.14. The minimum Gasteiger partial charge on any atom is -0.383 e. The van der Waals surface area contributed by atoms with Gasteiger partial charge in [-0.25, -0.2) is 0 Å². The molecule has 0 spiro atoms. The van der Waals surface area contributed by atoms with Gasteiger partial charge < -0.3 is 19.7 Å². The molecule has 0 unspecified atom stereocenters. The fourth-order valence-corrected chi connectivity index (χ4v) is 2.20. The lowest BCUT2D eigenvalue weighted by Gasteiger charge is -2.25. The van der Waals surface area contributed by atoms with E-state index in [-0.39, 0.29) is 0 Å². The van der Waals surface area contributed by atoms with Gasteiger partial charge in [-0.3, -0.25) is 4.68 Å². The second-order valence-electron chi connectivity index (χ2n) is 4.51. The molecule has 0 aliphatic carbocycles. The van der Waals surface area contributed by atoms with Crippen LogP contribution < -0.4 is 10.2 Å². The molecule has 1 rings (SSSR count). The lowest BCUT2D eigenvalue weighted by atomic mass is 10.2. The Bertz CT molecular complexity index is 371. The zero-order valence-electron chi connectivity index (χ0n) is 12.7. The quantitative estimate of drug-likeness (QED) is 0.710. The average molecular weight is 270 g/mol. The molecule has 19 heavy (non-hydrogen) atoms. The Morgan fingerprint density at radius 2 is 1.79 bits per heavy atom. The molecule has 1 heterocycles. The zero-order valence-corrected chi connectivity index (χ0v) is 12.7. The summed E-state index contributed by atoms with van der Waals surface area (Å²) in [6.07, 6.45) is 0. The minimum atomic E-state index is 0.687. The molecule has 0 aliphatic heterocycles. The number of nitrogens with one attached hydrogen (secondary N) is 1. The van der Waals surface area contributed by atoms with Crippen molar-refractivity contribution in [2.24, 2.45) is 7.05 Å². The number of rotatable bonds is 9. The molecule has 0 radical (unpaired) electrons. The van der Waals surface area contributed by atoms with Crippen LogP contribution in [0.15, 0.2) is 0 Å². The number of aromatic nitrogens is 2. The highest BCUT2D eigenvalue weighted by molar-refractivity contribution is 5.50. The van der Waals surface area contributed by atoms with Gasteiger partial charge in [0.2, 0.25) is 0 Å². The van der Waals surface area contributed by atoms with Gasteiger partial charge in [0, 0.05) is 46.5 Å². The molecule has 1 N–H and O–H groups in total. The summed E-state index contributed by atoms with van der Waals surface area (Å²) in [5.41, 5.74) is 2.30. The second-order valence-corrected chi connectivity index (χ2v) is 4.51. The Labute approximate surface area is 115 Å². The van der Waals surface area contributed by atoms with Gasteiger partial charge in [-0.1, -0.05) is 0 Å². The number of nitrogens with zero attached hydrogens (tertiary/aromatic N) is 3. The lowest BCUT2D eigenvalue weighted by molar-refractivity contribution is 0.189. The van der Waals surface area contributed by atoms with Crippen molar-refractivity contribution in [2.75, 3.05) is 52.5 Å². The molecule has 0 amide bonds. The van der Waals surface area contributed by atoms with E-state index in [0.29, 0.717) is 13.2 Å². The summed E-state index contributed by atoms with van der Waals surface area (Å²) < 4.78 is 12.3. The van der Waals surface area contributed by atoms with Crippen molar-refractivity contribution in [3.63, 3.8) is 0 Å². The van der Waals surface area contributed by atoms with Crippen molar-refractivity contribution in [2.45, 2.75) is 13.5 Å². The van der Waals surface area contributed by atoms with Crippen LogP contribution in [-0.4, -0.2) is 57.4 Å². The predicted molar refractivity (Wildman–Crippen MR) is 76.7 cm³/mol. The molecular weight excluding hydrogens is 244 g/mol. The van der Waals surface area contributed by atoms with Crippen LogP contribution in [0.4, 0.5) is 5.82 Å². The van der Waals surface area contributed by atoms with Crippen LogP contribution in [0.5, 0.6) is 0 Å². The van der Waals surface area contributed by atoms with Crippen molar-refractivity contribution in [1.29, 1.82) is 0 Å². The number of aryl methyl sites for hydroxylation is 2. The Balaban J connectivity index is 2.97. The number of ether oxygens (including phenoxy) is 2. The van der Waals surface area contributed by atoms with Crippen LogP contribution in [0.1, 0.15) is 11.3 Å². The van der Waals surface area contributed by atoms with E-state index in [4.69, 9.17) is 9.47 Å². The maximum Gasteiger partial charge on any atom is 0.131 e. The molecule has 0 saturated carbocycles. The molecule has 0 aromatic carbocycles. The van der Waals surface area contributed by atoms with E-state index in [1.54, 1.807) is 14.2 Å². The SMILES string of the molecule is CNCc1c(C)nn(C)c1N(CCOC)CCOC. The van der Waals surface area contributed by atoms with E-state index in [1.807, 2.05) is 25.7 Å². The Morgan fingerprint density at radius 3 is 2.26 bits per heavy atom. The summed E-state index contributed by atoms with van der Waals surface area (Å²) >= 11 is 0. The molecule has 1 aromatic rings. The van der Waals surface area contributed by atoms with E-state index in [2.05, 4.69) is 15.3 Å². The monoisotopic (exact) mass is 270 g/mol. The van der Waals surface area contributed by atoms with Gasteiger partial charge >= 0.3 is 0 Å². The summed E-state index contributed by atoms with van der Waals surface area (Å²) in [6.45, 7) is 5.89. The van der Waals surface area contributed by atoms with E-state index in [1.165, 1.54) is 5.56 Å². The number of methoxy groups -OCH3 is 2. The van der Waals surface area contributed by atoms with Gasteiger partial charge in [0.25, 0.3) is 0 Å². The van der Waals surface area contributed by atoms with E-state index in [9.17, 15) is 0 Å². The zero-order chi connectivity index (χ0) is 14.3. The minimum absolute atomic E-state index is 0.687. The van der Waals surface area contributed by atoms with Crippen molar-refractivity contribution < 1.29 is 9.47 Å². The number of hydrogen-bond donors (Lipinski definition) is 1. The van der Waals surface area contributed by atoms with Crippen molar-refractivity contribution in [1.82, 2.24) is 15.1 Å². The molecule has 0 bridgehead atoms. The molecule has 6 heteroatoms. The first-order valence-electron chi connectivity index (χ1n) is 6.55. The second kappa shape index (κ2) is 8.14. The number of hydrogen-bond acceptors (Lipinski definition) is 5. The largest absolute Gasteiger partial charge is 0.383 e. The maximum atomic E-state index is 5.19. The Kier molecular flexibility index (Phi) is 6.83. The fraction of sp³-hybridized carbons (Fsp3) is 0.769. The van der Waals surface area contributed by atoms with Crippen LogP contribution >= 0.6 is 0 Å². The number of anilines is 1. The van der Waals surface area contributed by atoms with E-state index < -0.39 is 0 Å². The van der Waals surface area contributed by atoms with Gasteiger partial charge in [0.1, 0.15) is 5.82 Å². The summed E-state index contributed by atoms with van der Waals surface area (Å²) in [6, 6.07) is 0. The molecule has 6 nitrogen and oxygen atoms in total. The van der Waals surface area contributed by atoms with E-state index >= 15 is 0 Å². The molecule has 0 fully saturated rings. The highest BCUT2D eigenvalue weighted by Gasteiger charge is 2.18. The van der Waals surface area contributed by atoms with Crippen LogP contribution in [0.25, 0.3) is 0 Å². The summed E-state index contributed by atoms with van der Waals surface area (Å²) in [7, 11) is 7.37. The summed E-state index contributed by atoms with van der Waals surface area (Å²) in [4.78, 5) is 2.26. The van der Waals surface area contributed by atoms with Gasteiger partial charge in [0.05, 0.1) is 18.9 Å². The smallest absolute Gasteiger partial charge is 0.131 e. The molecule has 0 saturated heterocycles. The van der Waals surface area contributed by atoms with Crippen LogP contribution in [0, 0.1) is 6.92 Å². The molecular formula is C13H26N4O2. The van der Waals surface area contributed by atoms with Crippen molar-refractivity contribution >= 4 is 5.82 Å². The highest BCUT2D eigenvalue weighted by Crippen LogP contribution is 2.22. The van der Waals surface area contributed by atoms with E-state index in [0.717, 1.165) is 31.1 Å². The van der Waals surface area contributed by atoms with Gasteiger partial charge in [0.15, 0.2) is 0 Å². The highest BCUT2D eigenvalue weighted by atomic mass is 16.5. The first-order valence-corrected chi connectivity index (χ1v) is 6.55. The van der Waals surface area contributed by atoms with Crippen LogP contribution in [0.2, 0.25) is 0 Å². The third-order valence-corrected chi connectivity index (χ3v) is 3.10. The predicted octanol–water partition coefficient (Wildman–Crippen LogP) is 0.547. The molecule has 0 aliphatic rings. The Hall–Kier alpha value is -1.11. The third kappa shape index (κ3) is 4.19. The first kappa shape index (κ1) is 15.9. The van der Waals surface area contributed by atoms with Crippen molar-refractivity contribution in [3.8, 4) is 0 Å². The van der Waals surface area contributed by atoms with Gasteiger partial charge in [-0.2, -0.15) is 5.10 Å². The van der Waals surface area contributed by atoms with Gasteiger partial charge in [-0.05, 0) is 14.0 Å². The van der Waals surface area contributed by atoms with Gasteiger partial charge in [-0.15, -0.1) is 0 Å². The third-order valence-electron chi connectivity index (χ3n) is 3.10. The summed E-state index contributed by atoms with van der Waals surface area (Å²) in [5, 5.41) is 7.72. The maximum absolute atomic E-state index is 5.19. The Morgan fingerprint density at radius 1 is 1.21 bits per heavy atom. The lowest BCUT2D eigenvalue weighted by Crippen LogP contribution is -2.33. The normalized spacial score (nSPS) is 11.0. The van der Waals surface area contributed by atoms with Crippen LogP contribution in [-0.2, 0) is 23.1 Å². The average Bonchev–Trinajstić information content (AvgIpc) is 2.66. The molecule has 1 aromatic heterocycles. The topological polar surface area (TPSA) is 51.6 Å². The van der Waals surface area contributed by atoms with Crippen molar-refractivity contribution in [3.05, 3.63) is 11.3 Å². The first-order chi connectivity index (χ1) is 9.15. The fourth-order valence-electron chi connectivity index (χ4n) is 2.20. The van der Waals surface area contributed by atoms with Crippen LogP contribution in [0.3, 0.4) is 0 Å². The molecule has 110 valence electrons. The molecule has 0 atom stereocenters.